The SMILES string of the molecule is Cc1cc(N2CCCNC(=O)C2)ccc1CNCC(C)C. The molecule has 0 radical (unpaired) electrons. The Kier molecular flexibility index (Phi) is 5.62. The van der Waals surface area contributed by atoms with E-state index in [9.17, 15) is 4.79 Å². The van der Waals surface area contributed by atoms with Crippen molar-refractivity contribution in [3.63, 3.8) is 0 Å². The highest BCUT2D eigenvalue weighted by Gasteiger charge is 2.15. The van der Waals surface area contributed by atoms with Gasteiger partial charge in [0.05, 0.1) is 6.54 Å². The van der Waals surface area contributed by atoms with Crippen LogP contribution in [0.5, 0.6) is 0 Å². The second-order valence-electron chi connectivity index (χ2n) is 6.26. The van der Waals surface area contributed by atoms with Crippen LogP contribution in [-0.2, 0) is 11.3 Å². The van der Waals surface area contributed by atoms with E-state index < -0.39 is 0 Å². The van der Waals surface area contributed by atoms with Gasteiger partial charge in [-0.15, -0.1) is 0 Å². The zero-order valence-corrected chi connectivity index (χ0v) is 13.4. The summed E-state index contributed by atoms with van der Waals surface area (Å²) in [6.07, 6.45) is 1.00. The summed E-state index contributed by atoms with van der Waals surface area (Å²) >= 11 is 0. The van der Waals surface area contributed by atoms with Gasteiger partial charge in [0.2, 0.25) is 5.91 Å². The van der Waals surface area contributed by atoms with Gasteiger partial charge in [0, 0.05) is 25.3 Å². The van der Waals surface area contributed by atoms with Gasteiger partial charge in [-0.05, 0) is 49.1 Å². The molecule has 4 heteroatoms. The average molecular weight is 289 g/mol. The summed E-state index contributed by atoms with van der Waals surface area (Å²) in [7, 11) is 0. The summed E-state index contributed by atoms with van der Waals surface area (Å²) < 4.78 is 0. The van der Waals surface area contributed by atoms with E-state index in [4.69, 9.17) is 0 Å². The first-order valence-electron chi connectivity index (χ1n) is 7.88. The molecular weight excluding hydrogens is 262 g/mol. The first-order chi connectivity index (χ1) is 10.1. The Labute approximate surface area is 127 Å². The van der Waals surface area contributed by atoms with Crippen molar-refractivity contribution in [2.45, 2.75) is 33.7 Å². The Hall–Kier alpha value is -1.55. The molecule has 1 aliphatic rings. The van der Waals surface area contributed by atoms with Crippen molar-refractivity contribution in [2.24, 2.45) is 5.92 Å². The first-order valence-corrected chi connectivity index (χ1v) is 7.88. The van der Waals surface area contributed by atoms with Gasteiger partial charge in [0.1, 0.15) is 0 Å². The number of carbonyl (C=O) groups excluding carboxylic acids is 1. The van der Waals surface area contributed by atoms with Crippen LogP contribution in [0, 0.1) is 12.8 Å². The maximum Gasteiger partial charge on any atom is 0.239 e. The van der Waals surface area contributed by atoms with E-state index in [1.807, 2.05) is 0 Å². The molecule has 4 nitrogen and oxygen atoms in total. The Morgan fingerprint density at radius 1 is 1.38 bits per heavy atom. The van der Waals surface area contributed by atoms with Gasteiger partial charge >= 0.3 is 0 Å². The molecule has 116 valence electrons. The van der Waals surface area contributed by atoms with Crippen LogP contribution in [0.15, 0.2) is 18.2 Å². The zero-order chi connectivity index (χ0) is 15.2. The maximum atomic E-state index is 11.7. The van der Waals surface area contributed by atoms with Crippen molar-refractivity contribution >= 4 is 11.6 Å². The summed E-state index contributed by atoms with van der Waals surface area (Å²) in [4.78, 5) is 13.8. The van der Waals surface area contributed by atoms with Crippen molar-refractivity contribution in [1.29, 1.82) is 0 Å². The molecule has 1 amide bonds. The lowest BCUT2D eigenvalue weighted by molar-refractivity contribution is -0.119. The van der Waals surface area contributed by atoms with E-state index in [0.717, 1.165) is 38.3 Å². The fourth-order valence-corrected chi connectivity index (χ4v) is 2.60. The molecule has 2 N–H and O–H groups in total. The third kappa shape index (κ3) is 4.74. The van der Waals surface area contributed by atoms with Crippen LogP contribution >= 0.6 is 0 Å². The Morgan fingerprint density at radius 2 is 2.19 bits per heavy atom. The van der Waals surface area contributed by atoms with Crippen LogP contribution in [0.25, 0.3) is 0 Å². The molecule has 0 saturated carbocycles. The second kappa shape index (κ2) is 7.46. The normalized spacial score (nSPS) is 16.0. The third-order valence-corrected chi connectivity index (χ3v) is 3.82. The fourth-order valence-electron chi connectivity index (χ4n) is 2.60. The smallest absolute Gasteiger partial charge is 0.239 e. The van der Waals surface area contributed by atoms with Gasteiger partial charge in [0.25, 0.3) is 0 Å². The van der Waals surface area contributed by atoms with Crippen LogP contribution < -0.4 is 15.5 Å². The minimum Gasteiger partial charge on any atom is -0.362 e. The number of carbonyl (C=O) groups is 1. The Morgan fingerprint density at radius 3 is 2.90 bits per heavy atom. The van der Waals surface area contributed by atoms with Crippen LogP contribution in [0.4, 0.5) is 5.69 Å². The van der Waals surface area contributed by atoms with Gasteiger partial charge in [-0.25, -0.2) is 0 Å². The molecular formula is C17H27N3O. The lowest BCUT2D eigenvalue weighted by Crippen LogP contribution is -2.33. The zero-order valence-electron chi connectivity index (χ0n) is 13.4. The van der Waals surface area contributed by atoms with E-state index in [2.05, 4.69) is 54.5 Å². The lowest BCUT2D eigenvalue weighted by Gasteiger charge is -2.22. The number of nitrogens with one attached hydrogen (secondary N) is 2. The van der Waals surface area contributed by atoms with Gasteiger partial charge < -0.3 is 15.5 Å². The summed E-state index contributed by atoms with van der Waals surface area (Å²) in [6.45, 7) is 10.7. The lowest BCUT2D eigenvalue weighted by atomic mass is 10.1. The molecule has 2 rings (SSSR count). The molecule has 0 bridgehead atoms. The monoisotopic (exact) mass is 289 g/mol. The van der Waals surface area contributed by atoms with Crippen LogP contribution in [0.1, 0.15) is 31.4 Å². The van der Waals surface area contributed by atoms with Gasteiger partial charge in [0.15, 0.2) is 0 Å². The number of hydrogen-bond donors (Lipinski definition) is 2. The number of anilines is 1. The molecule has 1 saturated heterocycles. The van der Waals surface area contributed by atoms with E-state index in [1.54, 1.807) is 0 Å². The molecule has 1 heterocycles. The van der Waals surface area contributed by atoms with Crippen LogP contribution in [-0.4, -0.2) is 32.1 Å². The number of benzene rings is 1. The summed E-state index contributed by atoms with van der Waals surface area (Å²) in [5.74, 6) is 0.785. The highest BCUT2D eigenvalue weighted by atomic mass is 16.2. The van der Waals surface area contributed by atoms with Crippen molar-refractivity contribution < 1.29 is 4.79 Å². The largest absolute Gasteiger partial charge is 0.362 e. The molecule has 0 atom stereocenters. The number of nitrogens with zero attached hydrogens (tertiary/aromatic N) is 1. The van der Waals surface area contributed by atoms with Gasteiger partial charge in [-0.1, -0.05) is 19.9 Å². The summed E-state index contributed by atoms with van der Waals surface area (Å²) in [5, 5.41) is 6.40. The number of hydrogen-bond acceptors (Lipinski definition) is 3. The third-order valence-electron chi connectivity index (χ3n) is 3.82. The second-order valence-corrected chi connectivity index (χ2v) is 6.26. The molecule has 21 heavy (non-hydrogen) atoms. The fraction of sp³-hybridized carbons (Fsp3) is 0.588. The topological polar surface area (TPSA) is 44.4 Å². The predicted molar refractivity (Wildman–Crippen MR) is 87.6 cm³/mol. The van der Waals surface area contributed by atoms with Gasteiger partial charge in [-0.2, -0.15) is 0 Å². The standard InChI is InChI=1S/C17H27N3O/c1-13(2)10-18-11-15-5-6-16(9-14(15)3)20-8-4-7-19-17(21)12-20/h5-6,9,13,18H,4,7-8,10-12H2,1-3H3,(H,19,21). The molecule has 1 aromatic carbocycles. The van der Waals surface area contributed by atoms with Crippen molar-refractivity contribution in [3.8, 4) is 0 Å². The molecule has 0 unspecified atom stereocenters. The first kappa shape index (κ1) is 15.8. The average Bonchev–Trinajstić information content (AvgIpc) is 2.65. The molecule has 0 aromatic heterocycles. The van der Waals surface area contributed by atoms with Crippen molar-refractivity contribution in [2.75, 3.05) is 31.1 Å². The predicted octanol–water partition coefficient (Wildman–Crippen LogP) is 2.07. The van der Waals surface area contributed by atoms with E-state index in [1.165, 1.54) is 11.1 Å². The van der Waals surface area contributed by atoms with Crippen LogP contribution in [0.3, 0.4) is 0 Å². The number of aryl methyl sites for hydroxylation is 1. The Balaban J connectivity index is 2.02. The van der Waals surface area contributed by atoms with E-state index in [-0.39, 0.29) is 5.91 Å². The minimum absolute atomic E-state index is 0.118. The van der Waals surface area contributed by atoms with E-state index >= 15 is 0 Å². The molecule has 1 aromatic rings. The number of rotatable bonds is 5. The Bertz CT molecular complexity index is 485. The maximum absolute atomic E-state index is 11.7. The van der Waals surface area contributed by atoms with Crippen molar-refractivity contribution in [1.82, 2.24) is 10.6 Å². The molecule has 1 fully saturated rings. The summed E-state index contributed by atoms with van der Waals surface area (Å²) in [5.41, 5.74) is 3.77. The van der Waals surface area contributed by atoms with Gasteiger partial charge in [-0.3, -0.25) is 4.79 Å². The quantitative estimate of drug-likeness (QED) is 0.872. The summed E-state index contributed by atoms with van der Waals surface area (Å²) in [6, 6.07) is 6.52. The highest BCUT2D eigenvalue weighted by molar-refractivity contribution is 5.81. The van der Waals surface area contributed by atoms with Crippen LogP contribution in [0.2, 0.25) is 0 Å². The van der Waals surface area contributed by atoms with E-state index in [0.29, 0.717) is 12.5 Å². The number of amides is 1. The highest BCUT2D eigenvalue weighted by Crippen LogP contribution is 2.20. The van der Waals surface area contributed by atoms with Crippen molar-refractivity contribution in [3.05, 3.63) is 29.3 Å². The minimum atomic E-state index is 0.118. The molecule has 0 aliphatic carbocycles. The molecule has 1 aliphatic heterocycles. The molecule has 0 spiro atoms.